The number of carbonyl (C=O) groups is 2. The SMILES string of the molecule is Cc1cc(Oc2ccccc2)ccc1C1(N)C(=O)C(N)c2c(C(=O)NCCC3CCCN3C)sc3c(N)ccc1c23. The highest BCUT2D eigenvalue weighted by atomic mass is 32.1. The summed E-state index contributed by atoms with van der Waals surface area (Å²) in [5.74, 6) is 0.742. The number of rotatable bonds is 7. The number of anilines is 1. The number of aryl methyl sites for hydroxylation is 1. The maximum atomic E-state index is 14.1. The van der Waals surface area contributed by atoms with Gasteiger partial charge in [0, 0.05) is 29.2 Å². The molecular weight excluding hydrogens is 534 g/mol. The molecule has 3 unspecified atom stereocenters. The van der Waals surface area contributed by atoms with Gasteiger partial charge in [0.25, 0.3) is 5.91 Å². The van der Waals surface area contributed by atoms with Crippen molar-refractivity contribution in [2.45, 2.75) is 43.8 Å². The molecule has 7 N–H and O–H groups in total. The summed E-state index contributed by atoms with van der Waals surface area (Å²) in [7, 11) is 2.12. The third-order valence-electron chi connectivity index (χ3n) is 8.56. The van der Waals surface area contributed by atoms with Crippen LogP contribution in [0.5, 0.6) is 11.5 Å². The maximum Gasteiger partial charge on any atom is 0.261 e. The van der Waals surface area contributed by atoms with E-state index in [1.807, 2.05) is 49.4 Å². The average molecular weight is 570 g/mol. The topological polar surface area (TPSA) is 137 Å². The van der Waals surface area contributed by atoms with Crippen molar-refractivity contribution in [3.8, 4) is 11.5 Å². The number of likely N-dealkylation sites (tertiary alicyclic amines) is 1. The number of hydrogen-bond donors (Lipinski definition) is 4. The quantitative estimate of drug-likeness (QED) is 0.239. The summed E-state index contributed by atoms with van der Waals surface area (Å²) in [6, 6.07) is 17.9. The molecule has 2 aliphatic rings. The van der Waals surface area contributed by atoms with Gasteiger partial charge in [0.2, 0.25) is 0 Å². The molecule has 0 bridgehead atoms. The van der Waals surface area contributed by atoms with Crippen molar-refractivity contribution in [1.82, 2.24) is 10.2 Å². The lowest BCUT2D eigenvalue weighted by atomic mass is 9.69. The van der Waals surface area contributed by atoms with Gasteiger partial charge >= 0.3 is 0 Å². The standard InChI is InChI=1S/C32H35N5O3S/c1-18-17-21(40-20-8-4-3-5-9-20)10-11-22(18)32(35)23-12-13-24(33)28-25(23)26(27(34)30(32)38)29(41-28)31(39)36-15-14-19-7-6-16-37(19)2/h3-5,8-13,17,19,27H,6-7,14-16,33-35H2,1-2H3,(H,36,39). The van der Waals surface area contributed by atoms with Crippen LogP contribution in [0.15, 0.2) is 60.7 Å². The highest BCUT2D eigenvalue weighted by Crippen LogP contribution is 2.50. The van der Waals surface area contributed by atoms with Gasteiger partial charge in [0.15, 0.2) is 5.78 Å². The third-order valence-corrected chi connectivity index (χ3v) is 9.81. The first kappa shape index (κ1) is 27.4. The maximum absolute atomic E-state index is 14.1. The van der Waals surface area contributed by atoms with Crippen molar-refractivity contribution >= 4 is 38.8 Å². The second-order valence-electron chi connectivity index (χ2n) is 11.1. The minimum atomic E-state index is -1.52. The smallest absolute Gasteiger partial charge is 0.261 e. The van der Waals surface area contributed by atoms with Crippen LogP contribution in [-0.4, -0.2) is 42.8 Å². The molecule has 4 aromatic rings. The number of carbonyl (C=O) groups excluding carboxylic acids is 2. The number of nitrogens with zero attached hydrogens (tertiary/aromatic N) is 1. The molecule has 3 aromatic carbocycles. The molecule has 1 fully saturated rings. The Morgan fingerprint density at radius 3 is 2.59 bits per heavy atom. The van der Waals surface area contributed by atoms with Gasteiger partial charge in [-0.3, -0.25) is 9.59 Å². The summed E-state index contributed by atoms with van der Waals surface area (Å²) in [6.45, 7) is 3.53. The molecule has 1 saturated heterocycles. The summed E-state index contributed by atoms with van der Waals surface area (Å²) >= 11 is 1.27. The normalized spacial score (nSPS) is 22.3. The molecule has 0 spiro atoms. The number of thiophene rings is 1. The minimum Gasteiger partial charge on any atom is -0.457 e. The van der Waals surface area contributed by atoms with Gasteiger partial charge in [-0.2, -0.15) is 0 Å². The molecule has 0 saturated carbocycles. The zero-order valence-electron chi connectivity index (χ0n) is 23.3. The number of para-hydroxylation sites is 1. The first-order chi connectivity index (χ1) is 19.7. The summed E-state index contributed by atoms with van der Waals surface area (Å²) in [4.78, 5) is 30.3. The second kappa shape index (κ2) is 10.6. The molecule has 3 atom stereocenters. The fraction of sp³-hybridized carbons (Fsp3) is 0.312. The second-order valence-corrected chi connectivity index (χ2v) is 12.1. The van der Waals surface area contributed by atoms with E-state index in [4.69, 9.17) is 21.9 Å². The van der Waals surface area contributed by atoms with Crippen LogP contribution in [0.2, 0.25) is 0 Å². The predicted octanol–water partition coefficient (Wildman–Crippen LogP) is 4.58. The average Bonchev–Trinajstić information content (AvgIpc) is 3.56. The van der Waals surface area contributed by atoms with E-state index in [2.05, 4.69) is 17.3 Å². The Labute approximate surface area is 243 Å². The number of Topliss-reactive ketones (excluding diaryl/α,β-unsaturated/α-hetero) is 1. The molecule has 1 amide bonds. The summed E-state index contributed by atoms with van der Waals surface area (Å²) in [5.41, 5.74) is 21.7. The summed E-state index contributed by atoms with van der Waals surface area (Å²) < 4.78 is 6.72. The molecule has 9 heteroatoms. The van der Waals surface area contributed by atoms with Gasteiger partial charge in [-0.1, -0.05) is 30.3 Å². The van der Waals surface area contributed by atoms with Crippen molar-refractivity contribution < 1.29 is 14.3 Å². The molecule has 1 aliphatic carbocycles. The van der Waals surface area contributed by atoms with Crippen LogP contribution in [0, 0.1) is 6.92 Å². The lowest BCUT2D eigenvalue weighted by molar-refractivity contribution is -0.124. The lowest BCUT2D eigenvalue weighted by Gasteiger charge is -2.37. The van der Waals surface area contributed by atoms with Gasteiger partial charge in [-0.25, -0.2) is 0 Å². The van der Waals surface area contributed by atoms with Crippen molar-refractivity contribution in [1.29, 1.82) is 0 Å². The Morgan fingerprint density at radius 1 is 1.12 bits per heavy atom. The van der Waals surface area contributed by atoms with Crippen molar-refractivity contribution in [3.63, 3.8) is 0 Å². The van der Waals surface area contributed by atoms with Crippen molar-refractivity contribution in [2.24, 2.45) is 11.5 Å². The van der Waals surface area contributed by atoms with E-state index in [1.54, 1.807) is 18.2 Å². The van der Waals surface area contributed by atoms with E-state index in [9.17, 15) is 9.59 Å². The van der Waals surface area contributed by atoms with Crippen LogP contribution in [-0.2, 0) is 10.3 Å². The van der Waals surface area contributed by atoms with Crippen molar-refractivity contribution in [2.75, 3.05) is 25.9 Å². The number of ketones is 1. The number of nitrogen functional groups attached to an aromatic ring is 1. The first-order valence-electron chi connectivity index (χ1n) is 14.0. The number of ether oxygens (including phenoxy) is 1. The number of nitrogens with two attached hydrogens (primary N) is 3. The van der Waals surface area contributed by atoms with Gasteiger partial charge in [-0.15, -0.1) is 11.3 Å². The Morgan fingerprint density at radius 2 is 1.88 bits per heavy atom. The number of hydrogen-bond acceptors (Lipinski definition) is 8. The third kappa shape index (κ3) is 4.59. The first-order valence-corrected chi connectivity index (χ1v) is 14.8. The van der Waals surface area contributed by atoms with Crippen LogP contribution in [0.3, 0.4) is 0 Å². The van der Waals surface area contributed by atoms with Crippen molar-refractivity contribution in [3.05, 3.63) is 87.8 Å². The Bertz CT molecular complexity index is 1650. The largest absolute Gasteiger partial charge is 0.457 e. The highest BCUT2D eigenvalue weighted by Gasteiger charge is 2.49. The van der Waals surface area contributed by atoms with Crippen LogP contribution < -0.4 is 27.3 Å². The van der Waals surface area contributed by atoms with E-state index < -0.39 is 11.6 Å². The Hall–Kier alpha value is -3.76. The van der Waals surface area contributed by atoms with Gasteiger partial charge < -0.3 is 32.2 Å². The van der Waals surface area contributed by atoms with E-state index in [1.165, 1.54) is 17.8 Å². The zero-order chi connectivity index (χ0) is 28.9. The summed E-state index contributed by atoms with van der Waals surface area (Å²) in [6.07, 6.45) is 3.19. The monoisotopic (exact) mass is 569 g/mol. The molecule has 6 rings (SSSR count). The fourth-order valence-corrected chi connectivity index (χ4v) is 7.59. The molecule has 212 valence electrons. The molecular formula is C32H35N5O3S. The molecule has 8 nitrogen and oxygen atoms in total. The van der Waals surface area contributed by atoms with E-state index >= 15 is 0 Å². The van der Waals surface area contributed by atoms with Crippen LogP contribution in [0.1, 0.15) is 57.2 Å². The molecule has 41 heavy (non-hydrogen) atoms. The van der Waals surface area contributed by atoms with Crippen LogP contribution >= 0.6 is 11.3 Å². The number of amides is 1. The van der Waals surface area contributed by atoms with E-state index in [-0.39, 0.29) is 11.7 Å². The Kier molecular flexibility index (Phi) is 7.07. The van der Waals surface area contributed by atoms with Gasteiger partial charge in [0.1, 0.15) is 17.0 Å². The van der Waals surface area contributed by atoms with Gasteiger partial charge in [0.05, 0.1) is 15.6 Å². The zero-order valence-corrected chi connectivity index (χ0v) is 24.1. The molecule has 0 radical (unpaired) electrons. The number of benzene rings is 3. The van der Waals surface area contributed by atoms with Crippen LogP contribution in [0.4, 0.5) is 5.69 Å². The van der Waals surface area contributed by atoms with Gasteiger partial charge in [-0.05, 0) is 86.8 Å². The molecule has 1 aromatic heterocycles. The lowest BCUT2D eigenvalue weighted by Crippen LogP contribution is -2.53. The van der Waals surface area contributed by atoms with E-state index in [0.717, 1.165) is 29.6 Å². The Balaban J connectivity index is 1.37. The fourth-order valence-electron chi connectivity index (χ4n) is 6.37. The number of nitrogens with one attached hydrogen (secondary N) is 1. The minimum absolute atomic E-state index is 0.237. The van der Waals surface area contributed by atoms with E-state index in [0.29, 0.717) is 56.7 Å². The summed E-state index contributed by atoms with van der Waals surface area (Å²) in [5, 5.41) is 3.76. The predicted molar refractivity (Wildman–Crippen MR) is 163 cm³/mol. The molecule has 1 aliphatic heterocycles. The molecule has 2 heterocycles. The van der Waals surface area contributed by atoms with Crippen LogP contribution in [0.25, 0.3) is 10.1 Å². The highest BCUT2D eigenvalue weighted by molar-refractivity contribution is 7.21.